The van der Waals surface area contributed by atoms with Crippen LogP contribution in [0.15, 0.2) is 42.5 Å². The van der Waals surface area contributed by atoms with Crippen molar-refractivity contribution in [1.82, 2.24) is 5.32 Å². The molecule has 0 spiro atoms. The van der Waals surface area contributed by atoms with Crippen LogP contribution in [-0.4, -0.2) is 38.6 Å². The van der Waals surface area contributed by atoms with E-state index in [1.807, 2.05) is 49.5 Å². The molecule has 25 heavy (non-hydrogen) atoms. The van der Waals surface area contributed by atoms with Gasteiger partial charge in [-0.1, -0.05) is 30.3 Å². The van der Waals surface area contributed by atoms with Crippen molar-refractivity contribution in [2.45, 2.75) is 6.42 Å². The van der Waals surface area contributed by atoms with E-state index in [2.05, 4.69) is 10.2 Å². The molecule has 130 valence electrons. The number of primary amides is 1. The van der Waals surface area contributed by atoms with Crippen LogP contribution in [0.2, 0.25) is 0 Å². The first-order valence-electron chi connectivity index (χ1n) is 8.20. The van der Waals surface area contributed by atoms with E-state index in [-0.39, 0.29) is 18.9 Å². The summed E-state index contributed by atoms with van der Waals surface area (Å²) < 4.78 is 5.77. The van der Waals surface area contributed by atoms with E-state index in [0.29, 0.717) is 17.9 Å². The van der Waals surface area contributed by atoms with Gasteiger partial charge in [-0.25, -0.2) is 0 Å². The summed E-state index contributed by atoms with van der Waals surface area (Å²) in [5, 5.41) is 2.74. The Labute approximate surface area is 146 Å². The number of anilines is 1. The van der Waals surface area contributed by atoms with Gasteiger partial charge in [0.05, 0.1) is 17.8 Å². The summed E-state index contributed by atoms with van der Waals surface area (Å²) in [6, 6.07) is 13.7. The predicted octanol–water partition coefficient (Wildman–Crippen LogP) is 1.79. The maximum atomic E-state index is 12.6. The second-order valence-corrected chi connectivity index (χ2v) is 5.98. The number of fused-ring (bicyclic) bond motifs is 1. The van der Waals surface area contributed by atoms with E-state index in [9.17, 15) is 9.59 Å². The molecule has 3 rings (SSSR count). The number of nitrogens with two attached hydrogens (primary N) is 1. The second-order valence-electron chi connectivity index (χ2n) is 5.98. The van der Waals surface area contributed by atoms with E-state index in [1.165, 1.54) is 0 Å². The summed E-state index contributed by atoms with van der Waals surface area (Å²) in [5.74, 6) is -0.146. The van der Waals surface area contributed by atoms with Crippen molar-refractivity contribution < 1.29 is 14.3 Å². The fourth-order valence-corrected chi connectivity index (χ4v) is 2.81. The number of rotatable bonds is 5. The quantitative estimate of drug-likeness (QED) is 0.870. The van der Waals surface area contributed by atoms with Crippen LogP contribution in [0.1, 0.15) is 16.8 Å². The van der Waals surface area contributed by atoms with Gasteiger partial charge in [0, 0.05) is 20.0 Å². The highest BCUT2D eigenvalue weighted by Gasteiger charge is 2.24. The molecule has 0 unspecified atom stereocenters. The number of benzene rings is 2. The summed E-state index contributed by atoms with van der Waals surface area (Å²) in [6.07, 6.45) is 0.104. The van der Waals surface area contributed by atoms with Gasteiger partial charge < -0.3 is 20.7 Å². The summed E-state index contributed by atoms with van der Waals surface area (Å²) in [5.41, 5.74) is 8.44. The summed E-state index contributed by atoms with van der Waals surface area (Å²) >= 11 is 0. The highest BCUT2D eigenvalue weighted by atomic mass is 16.5. The second kappa shape index (κ2) is 7.25. The van der Waals surface area contributed by atoms with E-state index in [1.54, 1.807) is 0 Å². The van der Waals surface area contributed by atoms with Crippen molar-refractivity contribution in [3.63, 3.8) is 0 Å². The minimum Gasteiger partial charge on any atom is -0.489 e. The van der Waals surface area contributed by atoms with E-state index in [4.69, 9.17) is 10.5 Å². The summed E-state index contributed by atoms with van der Waals surface area (Å²) in [6.45, 7) is 1.48. The Kier molecular flexibility index (Phi) is 4.88. The van der Waals surface area contributed by atoms with Crippen molar-refractivity contribution in [1.29, 1.82) is 0 Å². The molecule has 0 radical (unpaired) electrons. The Bertz CT molecular complexity index is 790. The van der Waals surface area contributed by atoms with Gasteiger partial charge in [0.2, 0.25) is 5.91 Å². The maximum Gasteiger partial charge on any atom is 0.255 e. The molecule has 1 heterocycles. The average Bonchev–Trinajstić information content (AvgIpc) is 2.61. The van der Waals surface area contributed by atoms with Crippen LogP contribution in [0.4, 0.5) is 5.69 Å². The number of nitrogens with one attached hydrogen (secondary N) is 1. The minimum absolute atomic E-state index is 0.104. The Morgan fingerprint density at radius 3 is 2.68 bits per heavy atom. The van der Waals surface area contributed by atoms with Gasteiger partial charge in [0.15, 0.2) is 5.75 Å². The number of nitrogens with zero attached hydrogens (tertiary/aromatic N) is 1. The van der Waals surface area contributed by atoms with Crippen molar-refractivity contribution in [2.75, 3.05) is 31.6 Å². The molecule has 0 bridgehead atoms. The molecule has 2 aromatic rings. The lowest BCUT2D eigenvalue weighted by atomic mass is 9.99. The molecule has 0 fully saturated rings. The largest absolute Gasteiger partial charge is 0.489 e. The normalized spacial score (nSPS) is 12.9. The monoisotopic (exact) mass is 339 g/mol. The molecule has 0 aliphatic carbocycles. The Morgan fingerprint density at radius 2 is 1.96 bits per heavy atom. The lowest BCUT2D eigenvalue weighted by Crippen LogP contribution is -2.32. The van der Waals surface area contributed by atoms with E-state index < -0.39 is 5.91 Å². The van der Waals surface area contributed by atoms with Gasteiger partial charge in [-0.15, -0.1) is 0 Å². The van der Waals surface area contributed by atoms with Crippen molar-refractivity contribution in [3.05, 3.63) is 48.0 Å². The predicted molar refractivity (Wildman–Crippen MR) is 96.8 cm³/mol. The number of amides is 2. The van der Waals surface area contributed by atoms with E-state index in [0.717, 1.165) is 23.4 Å². The topological polar surface area (TPSA) is 84.7 Å². The first-order chi connectivity index (χ1) is 12.1. The number of ether oxygens (including phenoxy) is 1. The van der Waals surface area contributed by atoms with Crippen LogP contribution in [0.3, 0.4) is 0 Å². The van der Waals surface area contributed by atoms with Crippen LogP contribution >= 0.6 is 0 Å². The zero-order valence-corrected chi connectivity index (χ0v) is 14.1. The maximum absolute atomic E-state index is 12.6. The SMILES string of the molecule is CN1CCOc2c(C(=O)NCCC(N)=O)cc(-c3ccccc3)cc21. The van der Waals surface area contributed by atoms with Gasteiger partial charge in [-0.05, 0) is 23.3 Å². The fraction of sp³-hybridized carbons (Fsp3) is 0.263. The highest BCUT2D eigenvalue weighted by Crippen LogP contribution is 2.38. The number of carbonyl (C=O) groups excluding carboxylic acids is 2. The number of hydrogen-bond donors (Lipinski definition) is 2. The third kappa shape index (κ3) is 3.74. The standard InChI is InChI=1S/C19H21N3O3/c1-22-9-10-25-18-15(19(24)21-8-7-17(20)23)11-14(12-16(18)22)13-5-3-2-4-6-13/h2-6,11-12H,7-10H2,1H3,(H2,20,23)(H,21,24). The van der Waals surface area contributed by atoms with Crippen LogP contribution in [-0.2, 0) is 4.79 Å². The molecular weight excluding hydrogens is 318 g/mol. The van der Waals surface area contributed by atoms with Crippen LogP contribution in [0.5, 0.6) is 5.75 Å². The van der Waals surface area contributed by atoms with Crippen LogP contribution in [0.25, 0.3) is 11.1 Å². The Balaban J connectivity index is 1.99. The number of likely N-dealkylation sites (N-methyl/N-ethyl adjacent to an activating group) is 1. The van der Waals surface area contributed by atoms with Gasteiger partial charge in [-0.3, -0.25) is 9.59 Å². The summed E-state index contributed by atoms with van der Waals surface area (Å²) in [7, 11) is 1.98. The van der Waals surface area contributed by atoms with Crippen molar-refractivity contribution in [2.24, 2.45) is 5.73 Å². The third-order valence-corrected chi connectivity index (χ3v) is 4.16. The van der Waals surface area contributed by atoms with Crippen LogP contribution < -0.4 is 20.7 Å². The first-order valence-corrected chi connectivity index (χ1v) is 8.20. The number of carbonyl (C=O) groups is 2. The molecule has 0 aromatic heterocycles. The molecule has 2 amide bonds. The first kappa shape index (κ1) is 16.8. The van der Waals surface area contributed by atoms with Gasteiger partial charge in [0.1, 0.15) is 6.61 Å². The number of hydrogen-bond acceptors (Lipinski definition) is 4. The van der Waals surface area contributed by atoms with Crippen molar-refractivity contribution >= 4 is 17.5 Å². The molecule has 3 N–H and O–H groups in total. The molecule has 2 aromatic carbocycles. The average molecular weight is 339 g/mol. The molecule has 0 atom stereocenters. The Hall–Kier alpha value is -3.02. The van der Waals surface area contributed by atoms with Gasteiger partial charge >= 0.3 is 0 Å². The van der Waals surface area contributed by atoms with Crippen LogP contribution in [0, 0.1) is 0 Å². The molecule has 1 aliphatic heterocycles. The zero-order valence-electron chi connectivity index (χ0n) is 14.1. The lowest BCUT2D eigenvalue weighted by molar-refractivity contribution is -0.117. The highest BCUT2D eigenvalue weighted by molar-refractivity contribution is 6.01. The molecular formula is C19H21N3O3. The molecule has 6 nitrogen and oxygen atoms in total. The van der Waals surface area contributed by atoms with E-state index >= 15 is 0 Å². The zero-order chi connectivity index (χ0) is 17.8. The third-order valence-electron chi connectivity index (χ3n) is 4.16. The molecule has 1 aliphatic rings. The lowest BCUT2D eigenvalue weighted by Gasteiger charge is -2.29. The Morgan fingerprint density at radius 1 is 1.20 bits per heavy atom. The minimum atomic E-state index is -0.448. The molecule has 0 saturated heterocycles. The summed E-state index contributed by atoms with van der Waals surface area (Å²) in [4.78, 5) is 25.6. The van der Waals surface area contributed by atoms with Gasteiger partial charge in [0.25, 0.3) is 5.91 Å². The molecule has 0 saturated carbocycles. The van der Waals surface area contributed by atoms with Crippen molar-refractivity contribution in [3.8, 4) is 16.9 Å². The molecule has 6 heteroatoms. The fourth-order valence-electron chi connectivity index (χ4n) is 2.81. The smallest absolute Gasteiger partial charge is 0.255 e. The van der Waals surface area contributed by atoms with Gasteiger partial charge in [-0.2, -0.15) is 0 Å².